The molecule has 11 heteroatoms. The third-order valence-electron chi connectivity index (χ3n) is 5.70. The largest absolute Gasteiger partial charge is 0.501 e. The molecule has 194 valence electrons. The molecule has 6 nitrogen and oxygen atoms in total. The zero-order chi connectivity index (χ0) is 26.4. The Bertz CT molecular complexity index is 1180. The summed E-state index contributed by atoms with van der Waals surface area (Å²) in [5, 5.41) is 2.55. The van der Waals surface area contributed by atoms with Gasteiger partial charge in [0.1, 0.15) is 5.60 Å². The highest BCUT2D eigenvalue weighted by Crippen LogP contribution is 2.38. The Morgan fingerprint density at radius 2 is 1.66 bits per heavy atom. The van der Waals surface area contributed by atoms with Crippen LogP contribution in [0, 0.1) is 0 Å². The predicted molar refractivity (Wildman–Crippen MR) is 129 cm³/mol. The van der Waals surface area contributed by atoms with Crippen LogP contribution in [-0.4, -0.2) is 48.6 Å². The molecule has 0 radical (unpaired) electrons. The average Bonchev–Trinajstić information content (AvgIpc) is 3.21. The number of hydrogen-bond acceptors (Lipinski definition) is 6. The fraction of sp³-hybridized carbons (Fsp3) is 0.583. The summed E-state index contributed by atoms with van der Waals surface area (Å²) in [6, 6.07) is 3.83. The third kappa shape index (κ3) is 6.35. The van der Waals surface area contributed by atoms with Crippen molar-refractivity contribution in [2.24, 2.45) is 0 Å². The van der Waals surface area contributed by atoms with Gasteiger partial charge in [-0.1, -0.05) is 20.8 Å². The lowest BCUT2D eigenvalue weighted by molar-refractivity contribution is -0.0436. The van der Waals surface area contributed by atoms with Crippen LogP contribution in [0.4, 0.5) is 18.0 Å². The molecule has 1 aliphatic heterocycles. The summed E-state index contributed by atoms with van der Waals surface area (Å²) in [5.74, 6) is 0.0941. The Labute approximate surface area is 208 Å². The van der Waals surface area contributed by atoms with Crippen molar-refractivity contribution in [1.29, 1.82) is 0 Å². The second kappa shape index (κ2) is 9.38. The van der Waals surface area contributed by atoms with Gasteiger partial charge in [-0.2, -0.15) is 13.2 Å². The number of piperidine rings is 1. The molecule has 1 saturated heterocycles. The second-order valence-electron chi connectivity index (χ2n) is 10.8. The van der Waals surface area contributed by atoms with Crippen LogP contribution >= 0.6 is 11.3 Å². The molecule has 2 heterocycles. The lowest BCUT2D eigenvalue weighted by Gasteiger charge is -2.32. The average molecular weight is 533 g/mol. The van der Waals surface area contributed by atoms with Gasteiger partial charge in [0.2, 0.25) is 0 Å². The van der Waals surface area contributed by atoms with E-state index in [4.69, 9.17) is 4.74 Å². The van der Waals surface area contributed by atoms with Gasteiger partial charge in [0, 0.05) is 30.0 Å². The molecule has 0 aliphatic carbocycles. The summed E-state index contributed by atoms with van der Waals surface area (Å²) in [5.41, 5.74) is -5.30. The molecule has 0 unspecified atom stereocenters. The van der Waals surface area contributed by atoms with Gasteiger partial charge in [-0.25, -0.2) is 18.2 Å². The number of rotatable bonds is 3. The van der Waals surface area contributed by atoms with E-state index < -0.39 is 31.3 Å². The Balaban J connectivity index is 1.86. The first-order valence-corrected chi connectivity index (χ1v) is 13.7. The van der Waals surface area contributed by atoms with Crippen LogP contribution in [0.25, 0.3) is 11.3 Å². The molecule has 0 saturated carbocycles. The molecule has 1 aromatic heterocycles. The Morgan fingerprint density at radius 3 is 2.17 bits per heavy atom. The fourth-order valence-electron chi connectivity index (χ4n) is 3.71. The minimum atomic E-state index is -5.50. The van der Waals surface area contributed by atoms with Crippen molar-refractivity contribution in [3.63, 3.8) is 0 Å². The molecule has 1 amide bonds. The molecule has 35 heavy (non-hydrogen) atoms. The first kappa shape index (κ1) is 27.4. The van der Waals surface area contributed by atoms with Crippen LogP contribution in [0.1, 0.15) is 70.9 Å². The quantitative estimate of drug-likeness (QED) is 0.450. The summed E-state index contributed by atoms with van der Waals surface area (Å²) < 4.78 is 69.5. The topological polar surface area (TPSA) is 76.6 Å². The maximum absolute atomic E-state index is 13.3. The number of amides is 1. The Hall–Kier alpha value is -2.14. The van der Waals surface area contributed by atoms with E-state index in [0.29, 0.717) is 42.8 Å². The van der Waals surface area contributed by atoms with Crippen LogP contribution < -0.4 is 0 Å². The molecule has 0 bridgehead atoms. The number of likely N-dealkylation sites (tertiary alicyclic amines) is 1. The van der Waals surface area contributed by atoms with Gasteiger partial charge in [-0.3, -0.25) is 0 Å². The molecular formula is C24H31F3N2O4S2. The summed E-state index contributed by atoms with van der Waals surface area (Å²) in [7, 11) is -5.50. The van der Waals surface area contributed by atoms with Crippen molar-refractivity contribution in [3.05, 3.63) is 34.2 Å². The molecule has 0 N–H and O–H groups in total. The van der Waals surface area contributed by atoms with E-state index in [2.05, 4.69) is 4.98 Å². The van der Waals surface area contributed by atoms with Crippen LogP contribution in [0.3, 0.4) is 0 Å². The zero-order valence-electron chi connectivity index (χ0n) is 20.7. The molecule has 1 aromatic carbocycles. The number of ether oxygens (including phenoxy) is 1. The number of thiazole rings is 1. The molecular weight excluding hydrogens is 501 g/mol. The summed E-state index contributed by atoms with van der Waals surface area (Å²) >= 11 is 1.39. The van der Waals surface area contributed by atoms with Crippen molar-refractivity contribution >= 4 is 27.3 Å². The summed E-state index contributed by atoms with van der Waals surface area (Å²) in [4.78, 5) is 17.8. The van der Waals surface area contributed by atoms with Crippen molar-refractivity contribution in [1.82, 2.24) is 9.88 Å². The third-order valence-corrected chi connectivity index (χ3v) is 8.17. The molecule has 3 rings (SSSR count). The smallest absolute Gasteiger partial charge is 0.444 e. The van der Waals surface area contributed by atoms with E-state index in [1.54, 1.807) is 37.1 Å². The number of hydrogen-bond donors (Lipinski definition) is 0. The van der Waals surface area contributed by atoms with E-state index in [-0.39, 0.29) is 12.0 Å². The number of nitrogens with zero attached hydrogens (tertiary/aromatic N) is 2. The normalized spacial score (nSPS) is 16.4. The second-order valence-corrected chi connectivity index (χ2v) is 13.6. The minimum Gasteiger partial charge on any atom is -0.444 e. The highest BCUT2D eigenvalue weighted by Gasteiger charge is 2.47. The molecule has 0 spiro atoms. The van der Waals surface area contributed by atoms with Gasteiger partial charge in [0.15, 0.2) is 0 Å². The van der Waals surface area contributed by atoms with Gasteiger partial charge in [0.25, 0.3) is 9.84 Å². The van der Waals surface area contributed by atoms with Gasteiger partial charge in [-0.05, 0) is 62.8 Å². The van der Waals surface area contributed by atoms with E-state index in [1.807, 2.05) is 20.8 Å². The first-order chi connectivity index (χ1) is 15.9. The lowest BCUT2D eigenvalue weighted by atomic mass is 9.86. The van der Waals surface area contributed by atoms with Gasteiger partial charge < -0.3 is 9.64 Å². The van der Waals surface area contributed by atoms with E-state index in [9.17, 15) is 26.4 Å². The van der Waals surface area contributed by atoms with Crippen molar-refractivity contribution < 1.29 is 31.1 Å². The summed E-state index contributed by atoms with van der Waals surface area (Å²) in [6.45, 7) is 11.9. The number of alkyl halides is 3. The monoisotopic (exact) mass is 532 g/mol. The Kier molecular flexibility index (Phi) is 7.36. The number of carbonyl (C=O) groups is 1. The first-order valence-electron chi connectivity index (χ1n) is 11.3. The summed E-state index contributed by atoms with van der Waals surface area (Å²) in [6.07, 6.45) is 1.01. The van der Waals surface area contributed by atoms with Crippen LogP contribution in [-0.2, 0) is 20.0 Å². The van der Waals surface area contributed by atoms with Crippen molar-refractivity contribution in [2.45, 2.75) is 81.7 Å². The predicted octanol–water partition coefficient (Wildman–Crippen LogP) is 6.52. The van der Waals surface area contributed by atoms with Crippen LogP contribution in [0.15, 0.2) is 28.5 Å². The zero-order valence-corrected chi connectivity index (χ0v) is 22.3. The van der Waals surface area contributed by atoms with Crippen molar-refractivity contribution in [2.75, 3.05) is 13.1 Å². The van der Waals surface area contributed by atoms with E-state index in [0.717, 1.165) is 17.1 Å². The highest BCUT2D eigenvalue weighted by molar-refractivity contribution is 7.92. The number of carbonyl (C=O) groups excluding carboxylic acids is 1. The molecule has 1 fully saturated rings. The van der Waals surface area contributed by atoms with Gasteiger partial charge in [-0.15, -0.1) is 11.3 Å². The lowest BCUT2D eigenvalue weighted by Crippen LogP contribution is -2.41. The number of benzene rings is 1. The van der Waals surface area contributed by atoms with Gasteiger partial charge >= 0.3 is 11.6 Å². The Morgan fingerprint density at radius 1 is 1.06 bits per heavy atom. The van der Waals surface area contributed by atoms with Gasteiger partial charge in [0.05, 0.1) is 15.6 Å². The number of aromatic nitrogens is 1. The van der Waals surface area contributed by atoms with Crippen LogP contribution in [0.2, 0.25) is 0 Å². The number of halogens is 3. The molecule has 0 atom stereocenters. The number of sulfone groups is 1. The maximum Gasteiger partial charge on any atom is 0.501 e. The van der Waals surface area contributed by atoms with Crippen LogP contribution in [0.5, 0.6) is 0 Å². The maximum atomic E-state index is 13.3. The SMILES string of the molecule is CC(C)(C)OC(=O)N1CCC(c2nc(-c3cc(C(C)(C)C)cc(S(=O)(=O)C(F)(F)F)c3)cs2)CC1. The van der Waals surface area contributed by atoms with Crippen molar-refractivity contribution in [3.8, 4) is 11.3 Å². The van der Waals surface area contributed by atoms with E-state index in [1.165, 1.54) is 11.3 Å². The highest BCUT2D eigenvalue weighted by atomic mass is 32.2. The van der Waals surface area contributed by atoms with E-state index >= 15 is 0 Å². The standard InChI is InChI=1S/C24H31F3N2O4S2/c1-22(2,3)17-11-16(12-18(13-17)35(31,32)24(25,26)27)19-14-34-20(28-19)15-7-9-29(10-8-15)21(30)33-23(4,5)6/h11-15H,7-10H2,1-6H3. The molecule has 1 aliphatic rings. The minimum absolute atomic E-state index is 0.0941. The molecule has 2 aromatic rings. The fourth-order valence-corrected chi connectivity index (χ4v) is 5.54.